The summed E-state index contributed by atoms with van der Waals surface area (Å²) in [6, 6.07) is 12.6. The number of nitrogens with one attached hydrogen (secondary N) is 2. The van der Waals surface area contributed by atoms with Gasteiger partial charge in [0, 0.05) is 12.1 Å². The van der Waals surface area contributed by atoms with E-state index in [4.69, 9.17) is 9.47 Å². The fourth-order valence-electron chi connectivity index (χ4n) is 2.72. The minimum absolute atomic E-state index is 0.00967. The summed E-state index contributed by atoms with van der Waals surface area (Å²) in [5.74, 6) is 0.341. The molecule has 0 aliphatic heterocycles. The van der Waals surface area contributed by atoms with Crippen molar-refractivity contribution >= 4 is 15.9 Å². The molecule has 0 saturated carbocycles. The molecule has 0 unspecified atom stereocenters. The van der Waals surface area contributed by atoms with E-state index in [0.717, 1.165) is 12.0 Å². The topological polar surface area (TPSA) is 93.7 Å². The molecule has 2 aromatic carbocycles. The van der Waals surface area contributed by atoms with Crippen LogP contribution in [0.5, 0.6) is 11.5 Å². The van der Waals surface area contributed by atoms with Crippen LogP contribution in [-0.2, 0) is 21.2 Å². The molecule has 8 heteroatoms. The predicted octanol–water partition coefficient (Wildman–Crippen LogP) is 2.51. The smallest absolute Gasteiger partial charge is 0.241 e. The highest BCUT2D eigenvalue weighted by molar-refractivity contribution is 7.89. The number of sulfonamides is 1. The summed E-state index contributed by atoms with van der Waals surface area (Å²) in [5.41, 5.74) is 0.854. The van der Waals surface area contributed by atoms with Gasteiger partial charge in [0.05, 0.1) is 19.1 Å². The number of methoxy groups -OCH3 is 2. The van der Waals surface area contributed by atoms with Gasteiger partial charge in [-0.05, 0) is 37.5 Å². The number of ether oxygens (including phenoxy) is 2. The van der Waals surface area contributed by atoms with Crippen LogP contribution in [0.1, 0.15) is 25.8 Å². The zero-order valence-corrected chi connectivity index (χ0v) is 18.0. The second-order valence-electron chi connectivity index (χ2n) is 6.70. The third kappa shape index (κ3) is 6.20. The second kappa shape index (κ2) is 10.3. The Morgan fingerprint density at radius 3 is 2.28 bits per heavy atom. The van der Waals surface area contributed by atoms with E-state index in [1.807, 2.05) is 44.2 Å². The fourth-order valence-corrected chi connectivity index (χ4v) is 3.93. The van der Waals surface area contributed by atoms with Crippen LogP contribution in [0.25, 0.3) is 0 Å². The lowest BCUT2D eigenvalue weighted by atomic mass is 10.1. The first-order chi connectivity index (χ1) is 13.8. The molecule has 0 aromatic heterocycles. The van der Waals surface area contributed by atoms with E-state index in [2.05, 4.69) is 10.0 Å². The van der Waals surface area contributed by atoms with Crippen molar-refractivity contribution in [2.24, 2.45) is 0 Å². The number of carbonyl (C=O) groups excluding carboxylic acids is 1. The highest BCUT2D eigenvalue weighted by Crippen LogP contribution is 2.29. The molecular weight excluding hydrogens is 392 g/mol. The van der Waals surface area contributed by atoms with Crippen LogP contribution in [-0.4, -0.2) is 40.6 Å². The summed E-state index contributed by atoms with van der Waals surface area (Å²) in [7, 11) is -1.07. The second-order valence-corrected chi connectivity index (χ2v) is 8.41. The van der Waals surface area contributed by atoms with Gasteiger partial charge < -0.3 is 14.8 Å². The number of rotatable bonds is 10. The van der Waals surface area contributed by atoms with Crippen LogP contribution < -0.4 is 19.5 Å². The van der Waals surface area contributed by atoms with Crippen molar-refractivity contribution in [3.63, 3.8) is 0 Å². The normalized spacial score (nSPS) is 13.4. The molecule has 0 spiro atoms. The molecule has 2 aromatic rings. The summed E-state index contributed by atoms with van der Waals surface area (Å²) in [6.45, 7) is 3.82. The highest BCUT2D eigenvalue weighted by Gasteiger charge is 2.27. The average molecular weight is 421 g/mol. The van der Waals surface area contributed by atoms with E-state index in [1.54, 1.807) is 0 Å². The van der Waals surface area contributed by atoms with Gasteiger partial charge in [-0.15, -0.1) is 0 Å². The molecule has 2 rings (SSSR count). The Labute approximate surface area is 172 Å². The van der Waals surface area contributed by atoms with Crippen LogP contribution in [0.15, 0.2) is 53.4 Å². The molecule has 0 saturated heterocycles. The first-order valence-corrected chi connectivity index (χ1v) is 10.9. The molecule has 0 aliphatic rings. The van der Waals surface area contributed by atoms with Crippen molar-refractivity contribution < 1.29 is 22.7 Å². The summed E-state index contributed by atoms with van der Waals surface area (Å²) in [5, 5.41) is 2.85. The Morgan fingerprint density at radius 1 is 1.03 bits per heavy atom. The minimum atomic E-state index is -3.97. The molecule has 2 N–H and O–H groups in total. The van der Waals surface area contributed by atoms with E-state index in [-0.39, 0.29) is 23.3 Å². The number of hydrogen-bond acceptors (Lipinski definition) is 5. The van der Waals surface area contributed by atoms with Gasteiger partial charge in [0.2, 0.25) is 15.9 Å². The van der Waals surface area contributed by atoms with Gasteiger partial charge in [0.1, 0.15) is 6.04 Å². The minimum Gasteiger partial charge on any atom is -0.493 e. The van der Waals surface area contributed by atoms with E-state index in [9.17, 15) is 13.2 Å². The predicted molar refractivity (Wildman–Crippen MR) is 112 cm³/mol. The largest absolute Gasteiger partial charge is 0.493 e. The molecule has 158 valence electrons. The Morgan fingerprint density at radius 2 is 1.69 bits per heavy atom. The van der Waals surface area contributed by atoms with Crippen molar-refractivity contribution in [1.29, 1.82) is 0 Å². The molecule has 0 fully saturated rings. The first-order valence-electron chi connectivity index (χ1n) is 9.39. The van der Waals surface area contributed by atoms with E-state index in [1.165, 1.54) is 32.4 Å². The van der Waals surface area contributed by atoms with Gasteiger partial charge in [-0.3, -0.25) is 4.79 Å². The molecule has 0 heterocycles. The molecule has 0 aliphatic carbocycles. The lowest BCUT2D eigenvalue weighted by molar-refractivity contribution is -0.123. The third-order valence-electron chi connectivity index (χ3n) is 4.56. The lowest BCUT2D eigenvalue weighted by Crippen LogP contribution is -2.50. The summed E-state index contributed by atoms with van der Waals surface area (Å²) < 4.78 is 38.8. The number of carbonyl (C=O) groups is 1. The number of benzene rings is 2. The van der Waals surface area contributed by atoms with Gasteiger partial charge in [-0.25, -0.2) is 8.42 Å². The Hall–Kier alpha value is -2.58. The molecule has 0 bridgehead atoms. The maximum Gasteiger partial charge on any atom is 0.241 e. The fraction of sp³-hybridized carbons (Fsp3) is 0.381. The van der Waals surface area contributed by atoms with E-state index in [0.29, 0.717) is 11.5 Å². The van der Waals surface area contributed by atoms with Crippen LogP contribution in [0, 0.1) is 0 Å². The molecule has 2 atom stereocenters. The monoisotopic (exact) mass is 420 g/mol. The van der Waals surface area contributed by atoms with E-state index >= 15 is 0 Å². The van der Waals surface area contributed by atoms with Gasteiger partial charge in [-0.1, -0.05) is 37.3 Å². The highest BCUT2D eigenvalue weighted by atomic mass is 32.2. The zero-order valence-electron chi connectivity index (χ0n) is 17.1. The van der Waals surface area contributed by atoms with Crippen molar-refractivity contribution in [3.05, 3.63) is 54.1 Å². The Balaban J connectivity index is 2.31. The van der Waals surface area contributed by atoms with Crippen LogP contribution in [0.3, 0.4) is 0 Å². The molecule has 7 nitrogen and oxygen atoms in total. The molecular formula is C21H28N2O5S. The van der Waals surface area contributed by atoms with Crippen LogP contribution >= 0.6 is 0 Å². The average Bonchev–Trinajstić information content (AvgIpc) is 2.73. The third-order valence-corrected chi connectivity index (χ3v) is 6.03. The van der Waals surface area contributed by atoms with Gasteiger partial charge in [0.15, 0.2) is 11.5 Å². The van der Waals surface area contributed by atoms with Crippen molar-refractivity contribution in [1.82, 2.24) is 10.0 Å². The summed E-state index contributed by atoms with van der Waals surface area (Å²) in [6.07, 6.45) is 0.974. The van der Waals surface area contributed by atoms with E-state index < -0.39 is 16.1 Å². The molecule has 0 radical (unpaired) electrons. The molecule has 1 amide bonds. The first kappa shape index (κ1) is 22.7. The standard InChI is InChI=1S/C21H28N2O5S/c1-5-15(2)22-21(24)18(13-16-9-7-6-8-10-16)23-29(25,26)17-11-12-19(27-3)20(14-17)28-4/h6-12,14-15,18,23H,5,13H2,1-4H3,(H,22,24)/t15-,18-/m1/s1. The van der Waals surface area contributed by atoms with Crippen molar-refractivity contribution in [2.45, 2.75) is 43.7 Å². The number of hydrogen-bond donors (Lipinski definition) is 2. The maximum atomic E-state index is 13.0. The van der Waals surface area contributed by atoms with Gasteiger partial charge in [0.25, 0.3) is 0 Å². The van der Waals surface area contributed by atoms with Crippen molar-refractivity contribution in [3.8, 4) is 11.5 Å². The Bertz CT molecular complexity index is 916. The lowest BCUT2D eigenvalue weighted by Gasteiger charge is -2.21. The van der Waals surface area contributed by atoms with Crippen LogP contribution in [0.4, 0.5) is 0 Å². The summed E-state index contributed by atoms with van der Waals surface area (Å²) in [4.78, 5) is 12.8. The maximum absolute atomic E-state index is 13.0. The summed E-state index contributed by atoms with van der Waals surface area (Å²) >= 11 is 0. The van der Waals surface area contributed by atoms with Gasteiger partial charge >= 0.3 is 0 Å². The van der Waals surface area contributed by atoms with Crippen molar-refractivity contribution in [2.75, 3.05) is 14.2 Å². The quantitative estimate of drug-likeness (QED) is 0.616. The number of amides is 1. The van der Waals surface area contributed by atoms with Gasteiger partial charge in [-0.2, -0.15) is 4.72 Å². The Kier molecular flexibility index (Phi) is 8.04. The van der Waals surface area contributed by atoms with Crippen LogP contribution in [0.2, 0.25) is 0 Å². The zero-order chi connectivity index (χ0) is 21.4. The molecule has 29 heavy (non-hydrogen) atoms. The SMILES string of the molecule is CC[C@@H](C)NC(=O)[C@@H](Cc1ccccc1)NS(=O)(=O)c1ccc(OC)c(OC)c1.